The molecule has 0 saturated carbocycles. The molecule has 0 N–H and O–H groups in total. The lowest BCUT2D eigenvalue weighted by molar-refractivity contribution is 0.975. The molecule has 0 fully saturated rings. The van der Waals surface area contributed by atoms with Gasteiger partial charge in [-0.05, 0) is 31.5 Å². The number of hydrogen-bond donors (Lipinski definition) is 0. The van der Waals surface area contributed by atoms with Crippen molar-refractivity contribution in [1.29, 1.82) is 0 Å². The van der Waals surface area contributed by atoms with E-state index < -0.39 is 0 Å². The van der Waals surface area contributed by atoms with Gasteiger partial charge in [-0.2, -0.15) is 0 Å². The van der Waals surface area contributed by atoms with Gasteiger partial charge in [-0.3, -0.25) is 0 Å². The largest absolute Gasteiger partial charge is 0.306 e. The molecule has 0 amide bonds. The van der Waals surface area contributed by atoms with Crippen molar-refractivity contribution in [3.63, 3.8) is 0 Å². The van der Waals surface area contributed by atoms with Gasteiger partial charge >= 0.3 is 0 Å². The lowest BCUT2D eigenvalue weighted by Crippen LogP contribution is -1.98. The summed E-state index contributed by atoms with van der Waals surface area (Å²) in [4.78, 5) is 9.07. The smallest absolute Gasteiger partial charge is 0.137 e. The van der Waals surface area contributed by atoms with E-state index in [1.54, 1.807) is 0 Å². The van der Waals surface area contributed by atoms with Crippen LogP contribution in [0.25, 0.3) is 22.6 Å². The number of imidazole rings is 2. The van der Waals surface area contributed by atoms with Crippen molar-refractivity contribution < 1.29 is 0 Å². The number of para-hydroxylation sites is 1. The van der Waals surface area contributed by atoms with Crippen LogP contribution >= 0.6 is 0 Å². The molecule has 4 aromatic rings. The first-order valence-electron chi connectivity index (χ1n) is 7.27. The number of nitrogens with zero attached hydrogens (tertiary/aromatic N) is 4. The van der Waals surface area contributed by atoms with Crippen LogP contribution in [0, 0.1) is 13.8 Å². The third kappa shape index (κ3) is 2.00. The second-order valence-corrected chi connectivity index (χ2v) is 5.46. The molecular formula is C18H16N4. The van der Waals surface area contributed by atoms with E-state index in [4.69, 9.17) is 4.98 Å². The maximum atomic E-state index is 4.75. The highest BCUT2D eigenvalue weighted by Crippen LogP contribution is 2.27. The standard InChI is InChI=1S/C18H16N4/c1-13-7-8-18-20-16(12-21(18)11-13)15-5-3-4-6-17(15)22-10-9-19-14(22)2/h3-12H,1-2H3. The number of aryl methyl sites for hydroxylation is 2. The van der Waals surface area contributed by atoms with Crippen LogP contribution in [-0.4, -0.2) is 18.9 Å². The van der Waals surface area contributed by atoms with E-state index in [1.807, 2.05) is 37.5 Å². The van der Waals surface area contributed by atoms with Crippen molar-refractivity contribution >= 4 is 5.65 Å². The molecule has 0 spiro atoms. The van der Waals surface area contributed by atoms with Crippen molar-refractivity contribution in [1.82, 2.24) is 18.9 Å². The van der Waals surface area contributed by atoms with E-state index in [0.717, 1.165) is 28.4 Å². The zero-order valence-corrected chi connectivity index (χ0v) is 12.6. The molecule has 0 aliphatic carbocycles. The molecule has 22 heavy (non-hydrogen) atoms. The van der Waals surface area contributed by atoms with E-state index in [-0.39, 0.29) is 0 Å². The Morgan fingerprint density at radius 1 is 0.955 bits per heavy atom. The van der Waals surface area contributed by atoms with Crippen molar-refractivity contribution in [2.75, 3.05) is 0 Å². The van der Waals surface area contributed by atoms with Crippen LogP contribution in [0.3, 0.4) is 0 Å². The highest BCUT2D eigenvalue weighted by Gasteiger charge is 2.11. The molecule has 3 heterocycles. The van der Waals surface area contributed by atoms with Crippen molar-refractivity contribution in [3.8, 4) is 16.9 Å². The monoisotopic (exact) mass is 288 g/mol. The molecule has 0 bridgehead atoms. The molecule has 1 aromatic carbocycles. The summed E-state index contributed by atoms with van der Waals surface area (Å²) in [6.45, 7) is 4.09. The lowest BCUT2D eigenvalue weighted by Gasteiger charge is -2.09. The average molecular weight is 288 g/mol. The van der Waals surface area contributed by atoms with Gasteiger partial charge in [0.1, 0.15) is 11.5 Å². The van der Waals surface area contributed by atoms with E-state index in [0.29, 0.717) is 0 Å². The van der Waals surface area contributed by atoms with Crippen LogP contribution in [0.15, 0.2) is 61.2 Å². The molecule has 0 saturated heterocycles. The first-order valence-corrected chi connectivity index (χ1v) is 7.27. The zero-order valence-electron chi connectivity index (χ0n) is 12.6. The molecule has 0 aliphatic rings. The van der Waals surface area contributed by atoms with Gasteiger partial charge in [0, 0.05) is 30.4 Å². The van der Waals surface area contributed by atoms with Gasteiger partial charge in [-0.15, -0.1) is 0 Å². The van der Waals surface area contributed by atoms with Crippen molar-refractivity contribution in [3.05, 3.63) is 72.6 Å². The summed E-state index contributed by atoms with van der Waals surface area (Å²) in [6.07, 6.45) is 7.97. The first-order chi connectivity index (χ1) is 10.7. The van der Waals surface area contributed by atoms with Gasteiger partial charge in [0.2, 0.25) is 0 Å². The van der Waals surface area contributed by atoms with E-state index in [1.165, 1.54) is 5.56 Å². The second-order valence-electron chi connectivity index (χ2n) is 5.46. The lowest BCUT2D eigenvalue weighted by atomic mass is 10.1. The average Bonchev–Trinajstić information content (AvgIpc) is 3.12. The number of pyridine rings is 1. The summed E-state index contributed by atoms with van der Waals surface area (Å²) in [5, 5.41) is 0. The quantitative estimate of drug-likeness (QED) is 0.562. The van der Waals surface area contributed by atoms with Gasteiger partial charge in [-0.1, -0.05) is 24.3 Å². The zero-order chi connectivity index (χ0) is 15.1. The number of fused-ring (bicyclic) bond motifs is 1. The van der Waals surface area contributed by atoms with Crippen LogP contribution in [0.4, 0.5) is 0 Å². The Morgan fingerprint density at radius 2 is 1.82 bits per heavy atom. The fourth-order valence-electron chi connectivity index (χ4n) is 2.77. The maximum absolute atomic E-state index is 4.75. The van der Waals surface area contributed by atoms with Crippen LogP contribution < -0.4 is 0 Å². The highest BCUT2D eigenvalue weighted by atomic mass is 15.1. The Kier molecular flexibility index (Phi) is 2.82. The van der Waals surface area contributed by atoms with Crippen LogP contribution in [-0.2, 0) is 0 Å². The molecule has 4 heteroatoms. The van der Waals surface area contributed by atoms with Gasteiger partial charge in [0.05, 0.1) is 11.4 Å². The second kappa shape index (κ2) is 4.84. The third-order valence-electron chi connectivity index (χ3n) is 3.86. The molecule has 4 rings (SSSR count). The van der Waals surface area contributed by atoms with E-state index >= 15 is 0 Å². The molecule has 0 aliphatic heterocycles. The SMILES string of the molecule is Cc1ccc2nc(-c3ccccc3-n3ccnc3C)cn2c1. The Labute approximate surface area is 128 Å². The fraction of sp³-hybridized carbons (Fsp3) is 0.111. The summed E-state index contributed by atoms with van der Waals surface area (Å²) in [7, 11) is 0. The molecule has 0 unspecified atom stereocenters. The van der Waals surface area contributed by atoms with Crippen LogP contribution in [0.1, 0.15) is 11.4 Å². The van der Waals surface area contributed by atoms with E-state index in [2.05, 4.69) is 51.5 Å². The Morgan fingerprint density at radius 3 is 2.64 bits per heavy atom. The molecule has 4 nitrogen and oxygen atoms in total. The third-order valence-corrected chi connectivity index (χ3v) is 3.86. The van der Waals surface area contributed by atoms with Crippen LogP contribution in [0.2, 0.25) is 0 Å². The Balaban J connectivity index is 1.93. The summed E-state index contributed by atoms with van der Waals surface area (Å²) in [5.74, 6) is 0.965. The summed E-state index contributed by atoms with van der Waals surface area (Å²) in [6, 6.07) is 12.4. The van der Waals surface area contributed by atoms with Crippen molar-refractivity contribution in [2.24, 2.45) is 0 Å². The minimum Gasteiger partial charge on any atom is -0.306 e. The minimum absolute atomic E-state index is 0.956. The van der Waals surface area contributed by atoms with Crippen molar-refractivity contribution in [2.45, 2.75) is 13.8 Å². The van der Waals surface area contributed by atoms with Gasteiger partial charge in [-0.25, -0.2) is 9.97 Å². The minimum atomic E-state index is 0.956. The summed E-state index contributed by atoms with van der Waals surface area (Å²) < 4.78 is 4.16. The number of benzene rings is 1. The topological polar surface area (TPSA) is 35.1 Å². The summed E-state index contributed by atoms with van der Waals surface area (Å²) >= 11 is 0. The first kappa shape index (κ1) is 12.8. The normalized spacial score (nSPS) is 11.2. The number of hydrogen-bond acceptors (Lipinski definition) is 2. The Bertz CT molecular complexity index is 962. The van der Waals surface area contributed by atoms with Crippen LogP contribution in [0.5, 0.6) is 0 Å². The molecule has 0 atom stereocenters. The highest BCUT2D eigenvalue weighted by molar-refractivity contribution is 5.72. The van der Waals surface area contributed by atoms with Gasteiger partial charge in [0.25, 0.3) is 0 Å². The number of aromatic nitrogens is 4. The van der Waals surface area contributed by atoms with Gasteiger partial charge < -0.3 is 8.97 Å². The predicted octanol–water partition coefficient (Wildman–Crippen LogP) is 3.80. The molecular weight excluding hydrogens is 272 g/mol. The van der Waals surface area contributed by atoms with Gasteiger partial charge in [0.15, 0.2) is 0 Å². The molecule has 3 aromatic heterocycles. The predicted molar refractivity (Wildman–Crippen MR) is 87.2 cm³/mol. The Hall–Kier alpha value is -2.88. The fourth-order valence-corrected chi connectivity index (χ4v) is 2.77. The maximum Gasteiger partial charge on any atom is 0.137 e. The number of rotatable bonds is 2. The van der Waals surface area contributed by atoms with E-state index in [9.17, 15) is 0 Å². The molecule has 0 radical (unpaired) electrons. The summed E-state index contributed by atoms with van der Waals surface area (Å²) in [5.41, 5.74) is 5.34. The molecule has 108 valence electrons.